The molecule has 2 aliphatic carbocycles. The topological polar surface area (TPSA) is 12.4 Å². The van der Waals surface area contributed by atoms with E-state index >= 15 is 0 Å². The Balaban J connectivity index is 2.12. The molecule has 0 N–H and O–H groups in total. The minimum Gasteiger partial charge on any atom is -0.290 e. The molecule has 0 bridgehead atoms. The van der Waals surface area contributed by atoms with Crippen molar-refractivity contribution in [3.05, 3.63) is 11.6 Å². The molecule has 0 radical (unpaired) electrons. The van der Waals surface area contributed by atoms with Gasteiger partial charge in [0, 0.05) is 12.3 Å². The van der Waals surface area contributed by atoms with Crippen molar-refractivity contribution in [2.75, 3.05) is 6.54 Å². The molecule has 2 aliphatic rings. The molecule has 0 saturated heterocycles. The minimum absolute atomic E-state index is 0.590. The highest BCUT2D eigenvalue weighted by Crippen LogP contribution is 2.53. The van der Waals surface area contributed by atoms with Crippen LogP contribution in [-0.2, 0) is 0 Å². The summed E-state index contributed by atoms with van der Waals surface area (Å²) < 4.78 is 0. The molecule has 1 heteroatoms. The average molecular weight is 332 g/mol. The molecule has 2 saturated carbocycles. The van der Waals surface area contributed by atoms with E-state index < -0.39 is 0 Å². The first-order valence-electron chi connectivity index (χ1n) is 10.8. The number of nitrogens with zero attached hydrogens (tertiary/aromatic N) is 1. The Morgan fingerprint density at radius 2 is 1.79 bits per heavy atom. The van der Waals surface area contributed by atoms with Gasteiger partial charge in [-0.15, -0.1) is 0 Å². The molecule has 0 amide bonds. The van der Waals surface area contributed by atoms with Gasteiger partial charge in [0.25, 0.3) is 0 Å². The van der Waals surface area contributed by atoms with E-state index in [4.69, 9.17) is 4.99 Å². The zero-order valence-electron chi connectivity index (χ0n) is 17.1. The van der Waals surface area contributed by atoms with Gasteiger partial charge in [-0.3, -0.25) is 4.99 Å². The van der Waals surface area contributed by atoms with Crippen molar-refractivity contribution in [3.8, 4) is 0 Å². The van der Waals surface area contributed by atoms with E-state index in [9.17, 15) is 0 Å². The summed E-state index contributed by atoms with van der Waals surface area (Å²) in [4.78, 5) is 4.85. The summed E-state index contributed by atoms with van der Waals surface area (Å²) in [5, 5.41) is 0. The molecular weight excluding hydrogens is 290 g/mol. The summed E-state index contributed by atoms with van der Waals surface area (Å²) in [6.45, 7) is 14.9. The quantitative estimate of drug-likeness (QED) is 0.406. The monoisotopic (exact) mass is 331 g/mol. The van der Waals surface area contributed by atoms with Crippen LogP contribution < -0.4 is 0 Å². The summed E-state index contributed by atoms with van der Waals surface area (Å²) in [7, 11) is 0. The van der Waals surface area contributed by atoms with E-state index in [1.54, 1.807) is 0 Å². The Labute approximate surface area is 151 Å². The van der Waals surface area contributed by atoms with E-state index in [2.05, 4.69) is 47.6 Å². The van der Waals surface area contributed by atoms with E-state index in [1.807, 2.05) is 0 Å². The molecule has 2 fully saturated rings. The van der Waals surface area contributed by atoms with Gasteiger partial charge in [-0.2, -0.15) is 0 Å². The van der Waals surface area contributed by atoms with Crippen LogP contribution in [0.5, 0.6) is 0 Å². The third kappa shape index (κ3) is 4.33. The van der Waals surface area contributed by atoms with E-state index in [0.29, 0.717) is 5.92 Å². The first kappa shape index (κ1) is 19.7. The van der Waals surface area contributed by atoms with Crippen molar-refractivity contribution in [3.63, 3.8) is 0 Å². The van der Waals surface area contributed by atoms with Crippen molar-refractivity contribution in [1.82, 2.24) is 0 Å². The van der Waals surface area contributed by atoms with Gasteiger partial charge < -0.3 is 0 Å². The third-order valence-corrected chi connectivity index (χ3v) is 7.07. The molecule has 2 rings (SSSR count). The van der Waals surface area contributed by atoms with Crippen molar-refractivity contribution >= 4 is 5.71 Å². The highest BCUT2D eigenvalue weighted by atomic mass is 14.7. The summed E-state index contributed by atoms with van der Waals surface area (Å²) in [6, 6.07) is 0. The molecule has 0 aromatic rings. The lowest BCUT2D eigenvalue weighted by atomic mass is 9.54. The fourth-order valence-electron chi connectivity index (χ4n) is 5.14. The molecule has 0 aromatic heterocycles. The number of hydrogen-bond acceptors (Lipinski definition) is 1. The van der Waals surface area contributed by atoms with Crippen LogP contribution in [0, 0.1) is 35.5 Å². The minimum atomic E-state index is 0.590. The third-order valence-electron chi connectivity index (χ3n) is 7.07. The second-order valence-electron chi connectivity index (χ2n) is 8.59. The van der Waals surface area contributed by atoms with Crippen LogP contribution in [0.4, 0.5) is 0 Å². The highest BCUT2D eigenvalue weighted by Gasteiger charge is 2.44. The molecule has 1 nitrogen and oxygen atoms in total. The van der Waals surface area contributed by atoms with Gasteiger partial charge in [-0.25, -0.2) is 0 Å². The average Bonchev–Trinajstić information content (AvgIpc) is 2.54. The Morgan fingerprint density at radius 1 is 1.08 bits per heavy atom. The Hall–Kier alpha value is -0.590. The van der Waals surface area contributed by atoms with Gasteiger partial charge in [0.2, 0.25) is 0 Å². The maximum absolute atomic E-state index is 4.85. The van der Waals surface area contributed by atoms with Crippen LogP contribution in [0.3, 0.4) is 0 Å². The Morgan fingerprint density at radius 3 is 2.21 bits per heavy atom. The summed E-state index contributed by atoms with van der Waals surface area (Å²) in [5.41, 5.74) is 2.84. The van der Waals surface area contributed by atoms with E-state index in [-0.39, 0.29) is 0 Å². The van der Waals surface area contributed by atoms with Crippen molar-refractivity contribution in [1.29, 1.82) is 0 Å². The SMILES string of the molecule is CCCC(C=C(C)C(=NCC)C(C)CC)C1CCC1C1CCC1C. The number of hydrogen-bond donors (Lipinski definition) is 0. The van der Waals surface area contributed by atoms with Crippen molar-refractivity contribution in [2.45, 2.75) is 86.5 Å². The van der Waals surface area contributed by atoms with Crippen LogP contribution in [0.15, 0.2) is 16.6 Å². The van der Waals surface area contributed by atoms with Crippen LogP contribution in [0.1, 0.15) is 86.5 Å². The molecule has 0 heterocycles. The Kier molecular flexibility index (Phi) is 7.57. The smallest absolute Gasteiger partial charge is 0.0402 e. The first-order chi connectivity index (χ1) is 11.5. The maximum Gasteiger partial charge on any atom is 0.0402 e. The highest BCUT2D eigenvalue weighted by molar-refractivity contribution is 6.01. The predicted octanol–water partition coefficient (Wildman–Crippen LogP) is 6.93. The van der Waals surface area contributed by atoms with Crippen LogP contribution in [0.25, 0.3) is 0 Å². The zero-order chi connectivity index (χ0) is 17.7. The molecule has 6 atom stereocenters. The molecule has 0 aromatic carbocycles. The molecule has 6 unspecified atom stereocenters. The molecular formula is C23H41N. The fourth-order valence-corrected chi connectivity index (χ4v) is 5.14. The zero-order valence-corrected chi connectivity index (χ0v) is 17.1. The van der Waals surface area contributed by atoms with Crippen molar-refractivity contribution in [2.24, 2.45) is 40.5 Å². The second kappa shape index (κ2) is 9.20. The summed E-state index contributed by atoms with van der Waals surface area (Å²) in [6.07, 6.45) is 12.4. The molecule has 24 heavy (non-hydrogen) atoms. The number of allylic oxidation sites excluding steroid dienone is 2. The van der Waals surface area contributed by atoms with Gasteiger partial charge in [0.05, 0.1) is 0 Å². The van der Waals surface area contributed by atoms with E-state index in [0.717, 1.165) is 36.1 Å². The van der Waals surface area contributed by atoms with Gasteiger partial charge >= 0.3 is 0 Å². The van der Waals surface area contributed by atoms with Crippen molar-refractivity contribution < 1.29 is 0 Å². The molecule has 138 valence electrons. The Bertz CT molecular complexity index is 447. The molecule has 0 spiro atoms. The maximum atomic E-state index is 4.85. The fraction of sp³-hybridized carbons (Fsp3) is 0.870. The largest absolute Gasteiger partial charge is 0.290 e. The first-order valence-corrected chi connectivity index (χ1v) is 10.8. The normalized spacial score (nSPS) is 33.6. The number of rotatable bonds is 9. The summed E-state index contributed by atoms with van der Waals surface area (Å²) >= 11 is 0. The predicted molar refractivity (Wildman–Crippen MR) is 108 cm³/mol. The van der Waals surface area contributed by atoms with Gasteiger partial charge in [0.15, 0.2) is 0 Å². The van der Waals surface area contributed by atoms with E-state index in [1.165, 1.54) is 56.2 Å². The van der Waals surface area contributed by atoms with Gasteiger partial charge in [0.1, 0.15) is 0 Å². The molecule has 0 aliphatic heterocycles. The lowest BCUT2D eigenvalue weighted by Crippen LogP contribution is -2.43. The van der Waals surface area contributed by atoms with Gasteiger partial charge in [-0.05, 0) is 87.0 Å². The standard InChI is InChI=1S/C23H41N/c1-7-10-19(15-18(6)23(24-9-3)16(4)8-2)21-13-14-22(21)20-12-11-17(20)5/h15-17,19-22H,7-14H2,1-6H3. The lowest BCUT2D eigenvalue weighted by molar-refractivity contribution is -0.00771. The van der Waals surface area contributed by atoms with Crippen LogP contribution in [-0.4, -0.2) is 12.3 Å². The lowest BCUT2D eigenvalue weighted by Gasteiger charge is -2.51. The summed E-state index contributed by atoms with van der Waals surface area (Å²) in [5.74, 6) is 5.37. The second-order valence-corrected chi connectivity index (χ2v) is 8.59. The van der Waals surface area contributed by atoms with Crippen LogP contribution >= 0.6 is 0 Å². The van der Waals surface area contributed by atoms with Gasteiger partial charge in [-0.1, -0.05) is 46.6 Å². The number of aliphatic imine (C=N–C) groups is 1. The van der Waals surface area contributed by atoms with Crippen LogP contribution in [0.2, 0.25) is 0 Å².